The summed E-state index contributed by atoms with van der Waals surface area (Å²) >= 11 is 2.91. The van der Waals surface area contributed by atoms with Crippen LogP contribution in [0.5, 0.6) is 0 Å². The molecule has 0 saturated carbocycles. The number of carboxylic acids is 1. The number of aromatic carboxylic acids is 1. The molecule has 6 heteroatoms. The number of nitrogens with zero attached hydrogens (tertiary/aromatic N) is 2. The highest BCUT2D eigenvalue weighted by molar-refractivity contribution is 7.99. The lowest BCUT2D eigenvalue weighted by atomic mass is 10.5. The molecule has 4 nitrogen and oxygen atoms in total. The highest BCUT2D eigenvalue weighted by atomic mass is 32.2. The summed E-state index contributed by atoms with van der Waals surface area (Å²) in [6.45, 7) is 0.829. The standard InChI is InChI=1S/C10H10N2O2S2/c13-10(14)9-6-8(7-16-9)15-5-4-12-3-1-2-11-12/h1-3,6-7H,4-5H2,(H,13,14). The zero-order chi connectivity index (χ0) is 11.4. The first-order valence-electron chi connectivity index (χ1n) is 4.68. The van der Waals surface area contributed by atoms with E-state index in [1.165, 1.54) is 11.3 Å². The maximum atomic E-state index is 10.7. The van der Waals surface area contributed by atoms with Crippen LogP contribution in [0.3, 0.4) is 0 Å². The van der Waals surface area contributed by atoms with Gasteiger partial charge in [0.05, 0.1) is 6.54 Å². The van der Waals surface area contributed by atoms with E-state index in [0.29, 0.717) is 4.88 Å². The summed E-state index contributed by atoms with van der Waals surface area (Å²) in [5.41, 5.74) is 0. The van der Waals surface area contributed by atoms with Crippen LogP contribution in [0.15, 0.2) is 34.8 Å². The Bertz CT molecular complexity index is 465. The highest BCUT2D eigenvalue weighted by Gasteiger charge is 2.06. The van der Waals surface area contributed by atoms with Gasteiger partial charge in [-0.15, -0.1) is 23.1 Å². The Hall–Kier alpha value is -1.27. The summed E-state index contributed by atoms with van der Waals surface area (Å²) in [5.74, 6) is 0.0289. The number of aromatic nitrogens is 2. The minimum Gasteiger partial charge on any atom is -0.477 e. The summed E-state index contributed by atoms with van der Waals surface area (Å²) in [5, 5.41) is 14.7. The van der Waals surface area contributed by atoms with Gasteiger partial charge in [0, 0.05) is 28.4 Å². The molecule has 0 saturated heterocycles. The van der Waals surface area contributed by atoms with Crippen molar-refractivity contribution in [3.05, 3.63) is 34.8 Å². The fourth-order valence-corrected chi connectivity index (χ4v) is 3.01. The Labute approximate surface area is 101 Å². The van der Waals surface area contributed by atoms with Gasteiger partial charge in [0.1, 0.15) is 4.88 Å². The molecule has 16 heavy (non-hydrogen) atoms. The van der Waals surface area contributed by atoms with E-state index in [0.717, 1.165) is 17.2 Å². The number of thiophene rings is 1. The number of carboxylic acid groups (broad SMARTS) is 1. The van der Waals surface area contributed by atoms with Crippen molar-refractivity contribution in [2.24, 2.45) is 0 Å². The van der Waals surface area contributed by atoms with Crippen molar-refractivity contribution in [3.8, 4) is 0 Å². The second-order valence-electron chi connectivity index (χ2n) is 3.07. The summed E-state index contributed by atoms with van der Waals surface area (Å²) in [7, 11) is 0. The SMILES string of the molecule is O=C(O)c1cc(SCCn2cccn2)cs1. The molecular formula is C10H10N2O2S2. The second-order valence-corrected chi connectivity index (χ2v) is 5.15. The molecule has 0 fully saturated rings. The van der Waals surface area contributed by atoms with Gasteiger partial charge in [-0.2, -0.15) is 5.10 Å². The molecule has 2 heterocycles. The number of carbonyl (C=O) groups is 1. The van der Waals surface area contributed by atoms with Crippen molar-refractivity contribution in [1.82, 2.24) is 9.78 Å². The summed E-state index contributed by atoms with van der Waals surface area (Å²) < 4.78 is 1.86. The maximum absolute atomic E-state index is 10.7. The Morgan fingerprint density at radius 2 is 2.50 bits per heavy atom. The largest absolute Gasteiger partial charge is 0.477 e. The monoisotopic (exact) mass is 254 g/mol. The van der Waals surface area contributed by atoms with E-state index >= 15 is 0 Å². The lowest BCUT2D eigenvalue weighted by Gasteiger charge is -1.99. The first-order chi connectivity index (χ1) is 7.75. The zero-order valence-corrected chi connectivity index (χ0v) is 10.0. The van der Waals surface area contributed by atoms with Gasteiger partial charge in [0.2, 0.25) is 0 Å². The van der Waals surface area contributed by atoms with Crippen molar-refractivity contribution < 1.29 is 9.90 Å². The molecule has 2 aromatic rings. The van der Waals surface area contributed by atoms with E-state index in [2.05, 4.69) is 5.10 Å². The van der Waals surface area contributed by atoms with Gasteiger partial charge in [-0.1, -0.05) is 0 Å². The van der Waals surface area contributed by atoms with Crippen molar-refractivity contribution in [2.45, 2.75) is 11.4 Å². The zero-order valence-electron chi connectivity index (χ0n) is 8.37. The normalized spacial score (nSPS) is 10.5. The van der Waals surface area contributed by atoms with Gasteiger partial charge in [0.15, 0.2) is 0 Å². The maximum Gasteiger partial charge on any atom is 0.345 e. The Morgan fingerprint density at radius 1 is 1.62 bits per heavy atom. The first kappa shape index (κ1) is 11.2. The Morgan fingerprint density at radius 3 is 3.12 bits per heavy atom. The Kier molecular flexibility index (Phi) is 3.63. The predicted octanol–water partition coefficient (Wildman–Crippen LogP) is 2.44. The van der Waals surface area contributed by atoms with Crippen molar-refractivity contribution in [3.63, 3.8) is 0 Å². The molecule has 0 aliphatic carbocycles. The number of rotatable bonds is 5. The van der Waals surface area contributed by atoms with Gasteiger partial charge in [-0.3, -0.25) is 4.68 Å². The van der Waals surface area contributed by atoms with Crippen LogP contribution in [0.4, 0.5) is 0 Å². The highest BCUT2D eigenvalue weighted by Crippen LogP contribution is 2.24. The smallest absolute Gasteiger partial charge is 0.345 e. The third-order valence-electron chi connectivity index (χ3n) is 1.93. The van der Waals surface area contributed by atoms with Crippen LogP contribution >= 0.6 is 23.1 Å². The van der Waals surface area contributed by atoms with Gasteiger partial charge < -0.3 is 5.11 Å². The summed E-state index contributed by atoms with van der Waals surface area (Å²) in [6, 6.07) is 3.60. The first-order valence-corrected chi connectivity index (χ1v) is 6.54. The van der Waals surface area contributed by atoms with Gasteiger partial charge in [0.25, 0.3) is 0 Å². The molecule has 0 aliphatic heterocycles. The minimum atomic E-state index is -0.857. The number of aryl methyl sites for hydroxylation is 1. The van der Waals surface area contributed by atoms with E-state index in [4.69, 9.17) is 5.11 Å². The molecule has 0 aromatic carbocycles. The quantitative estimate of drug-likeness (QED) is 0.833. The lowest BCUT2D eigenvalue weighted by Crippen LogP contribution is -1.99. The number of thioether (sulfide) groups is 1. The number of hydrogen-bond acceptors (Lipinski definition) is 4. The molecule has 0 spiro atoms. The van der Waals surface area contributed by atoms with E-state index in [-0.39, 0.29) is 0 Å². The van der Waals surface area contributed by atoms with E-state index < -0.39 is 5.97 Å². The van der Waals surface area contributed by atoms with Crippen molar-refractivity contribution in [2.75, 3.05) is 5.75 Å². The molecule has 2 aromatic heterocycles. The molecule has 2 rings (SSSR count). The number of hydrogen-bond donors (Lipinski definition) is 1. The van der Waals surface area contributed by atoms with Gasteiger partial charge in [-0.25, -0.2) is 4.79 Å². The molecular weight excluding hydrogens is 244 g/mol. The van der Waals surface area contributed by atoms with Crippen LogP contribution in [0.2, 0.25) is 0 Å². The average molecular weight is 254 g/mol. The molecule has 0 unspecified atom stereocenters. The molecule has 0 radical (unpaired) electrons. The van der Waals surface area contributed by atoms with Crippen LogP contribution < -0.4 is 0 Å². The third-order valence-corrected chi connectivity index (χ3v) is 3.96. The average Bonchev–Trinajstić information content (AvgIpc) is 2.87. The molecule has 0 bridgehead atoms. The fourth-order valence-electron chi connectivity index (χ4n) is 1.20. The molecule has 0 atom stereocenters. The second kappa shape index (κ2) is 5.18. The summed E-state index contributed by atoms with van der Waals surface area (Å²) in [4.78, 5) is 12.1. The lowest BCUT2D eigenvalue weighted by molar-refractivity contribution is 0.0702. The van der Waals surface area contributed by atoms with Crippen molar-refractivity contribution in [1.29, 1.82) is 0 Å². The fraction of sp³-hybridized carbons (Fsp3) is 0.200. The minimum absolute atomic E-state index is 0.390. The third kappa shape index (κ3) is 2.86. The van der Waals surface area contributed by atoms with Gasteiger partial charge in [-0.05, 0) is 12.1 Å². The van der Waals surface area contributed by atoms with E-state index in [1.54, 1.807) is 24.0 Å². The van der Waals surface area contributed by atoms with Crippen LogP contribution in [0.25, 0.3) is 0 Å². The topological polar surface area (TPSA) is 55.1 Å². The predicted molar refractivity (Wildman–Crippen MR) is 64.2 cm³/mol. The molecule has 0 amide bonds. The Balaban J connectivity index is 1.83. The van der Waals surface area contributed by atoms with Gasteiger partial charge >= 0.3 is 5.97 Å². The molecule has 84 valence electrons. The summed E-state index contributed by atoms with van der Waals surface area (Å²) in [6.07, 6.45) is 3.66. The van der Waals surface area contributed by atoms with Crippen LogP contribution in [0.1, 0.15) is 9.67 Å². The van der Waals surface area contributed by atoms with Crippen LogP contribution in [-0.2, 0) is 6.54 Å². The van der Waals surface area contributed by atoms with Crippen molar-refractivity contribution >= 4 is 29.1 Å². The van der Waals surface area contributed by atoms with Crippen LogP contribution in [-0.4, -0.2) is 26.6 Å². The van der Waals surface area contributed by atoms with Crippen LogP contribution in [0, 0.1) is 0 Å². The molecule has 0 aliphatic rings. The van der Waals surface area contributed by atoms with E-state index in [9.17, 15) is 4.79 Å². The molecule has 1 N–H and O–H groups in total. The van der Waals surface area contributed by atoms with E-state index in [1.807, 2.05) is 22.3 Å².